The second kappa shape index (κ2) is 10.3. The highest BCUT2D eigenvalue weighted by Gasteiger charge is 2.19. The lowest BCUT2D eigenvalue weighted by molar-refractivity contribution is -0.113. The molecule has 0 fully saturated rings. The first kappa shape index (κ1) is 23.3. The summed E-state index contributed by atoms with van der Waals surface area (Å²) in [6.45, 7) is 5.78. The normalized spacial score (nSPS) is 11.7. The number of hydrogen-bond acceptors (Lipinski definition) is 6. The van der Waals surface area contributed by atoms with Crippen LogP contribution in [-0.2, 0) is 11.8 Å². The van der Waals surface area contributed by atoms with Gasteiger partial charge in [-0.1, -0.05) is 23.9 Å². The molecule has 2 amide bonds. The van der Waals surface area contributed by atoms with Crippen LogP contribution in [-0.4, -0.2) is 39.4 Å². The first-order chi connectivity index (χ1) is 15.3. The molecule has 0 aliphatic rings. The Balaban J connectivity index is 1.58. The fourth-order valence-electron chi connectivity index (χ4n) is 3.10. The molecule has 1 aromatic heterocycles. The van der Waals surface area contributed by atoms with E-state index in [2.05, 4.69) is 20.8 Å². The highest BCUT2D eigenvalue weighted by molar-refractivity contribution is 7.99. The van der Waals surface area contributed by atoms with Crippen molar-refractivity contribution >= 4 is 29.3 Å². The van der Waals surface area contributed by atoms with Crippen molar-refractivity contribution in [3.8, 4) is 5.75 Å². The van der Waals surface area contributed by atoms with Crippen LogP contribution in [0.1, 0.15) is 40.3 Å². The van der Waals surface area contributed by atoms with E-state index < -0.39 is 0 Å². The summed E-state index contributed by atoms with van der Waals surface area (Å²) in [4.78, 5) is 24.9. The van der Waals surface area contributed by atoms with E-state index >= 15 is 0 Å². The Bertz CT molecular complexity index is 1110. The average molecular weight is 454 g/mol. The van der Waals surface area contributed by atoms with Crippen molar-refractivity contribution in [2.75, 3.05) is 18.2 Å². The third-order valence-electron chi connectivity index (χ3n) is 4.96. The number of aromatic nitrogens is 3. The van der Waals surface area contributed by atoms with Gasteiger partial charge in [0, 0.05) is 18.3 Å². The number of benzene rings is 2. The molecule has 0 radical (unpaired) electrons. The van der Waals surface area contributed by atoms with Crippen molar-refractivity contribution in [3.63, 3.8) is 0 Å². The van der Waals surface area contributed by atoms with Crippen molar-refractivity contribution in [1.82, 2.24) is 20.1 Å². The van der Waals surface area contributed by atoms with Gasteiger partial charge < -0.3 is 19.9 Å². The number of nitrogens with one attached hydrogen (secondary N) is 2. The van der Waals surface area contributed by atoms with Crippen molar-refractivity contribution in [3.05, 3.63) is 65.0 Å². The zero-order chi connectivity index (χ0) is 23.3. The van der Waals surface area contributed by atoms with Crippen LogP contribution >= 0.6 is 11.8 Å². The molecule has 1 heterocycles. The molecule has 32 heavy (non-hydrogen) atoms. The third kappa shape index (κ3) is 5.67. The van der Waals surface area contributed by atoms with Gasteiger partial charge in [-0.25, -0.2) is 0 Å². The molecule has 0 saturated carbocycles. The number of aryl methyl sites for hydroxylation is 2. The monoisotopic (exact) mass is 453 g/mol. The Hall–Kier alpha value is -3.33. The van der Waals surface area contributed by atoms with Gasteiger partial charge in [0.05, 0.1) is 18.9 Å². The minimum Gasteiger partial charge on any atom is -0.497 e. The topological polar surface area (TPSA) is 98.1 Å². The Labute approximate surface area is 191 Å². The predicted octanol–water partition coefficient (Wildman–Crippen LogP) is 3.66. The molecule has 2 N–H and O–H groups in total. The molecule has 0 unspecified atom stereocenters. The standard InChI is InChI=1S/C23H27N5O3S/c1-14-6-7-15(2)19(12-14)25-20(29)13-32-23-27-26-21(28(23)4)16(3)24-22(30)17-8-10-18(31-5)11-9-17/h6-12,16H,13H2,1-5H3,(H,24,30)(H,25,29)/t16-/m1/s1. The maximum atomic E-state index is 12.5. The van der Waals surface area contributed by atoms with E-state index in [0.717, 1.165) is 16.8 Å². The van der Waals surface area contributed by atoms with E-state index in [9.17, 15) is 9.59 Å². The summed E-state index contributed by atoms with van der Waals surface area (Å²) < 4.78 is 6.90. The number of amides is 2. The summed E-state index contributed by atoms with van der Waals surface area (Å²) in [5.41, 5.74) is 3.43. The maximum absolute atomic E-state index is 12.5. The summed E-state index contributed by atoms with van der Waals surface area (Å²) >= 11 is 1.29. The van der Waals surface area contributed by atoms with E-state index in [0.29, 0.717) is 22.3 Å². The molecule has 0 aliphatic heterocycles. The second-order valence-electron chi connectivity index (χ2n) is 7.48. The molecule has 8 nitrogen and oxygen atoms in total. The van der Waals surface area contributed by atoms with Gasteiger partial charge in [0.1, 0.15) is 5.75 Å². The number of rotatable bonds is 8. The molecule has 9 heteroatoms. The number of nitrogens with zero attached hydrogens (tertiary/aromatic N) is 3. The summed E-state index contributed by atoms with van der Waals surface area (Å²) in [5.74, 6) is 1.15. The van der Waals surface area contributed by atoms with Gasteiger partial charge in [0.25, 0.3) is 5.91 Å². The number of ether oxygens (including phenoxy) is 1. The smallest absolute Gasteiger partial charge is 0.251 e. The lowest BCUT2D eigenvalue weighted by Gasteiger charge is -2.14. The number of carbonyl (C=O) groups excluding carboxylic acids is 2. The zero-order valence-electron chi connectivity index (χ0n) is 18.8. The first-order valence-electron chi connectivity index (χ1n) is 10.1. The highest BCUT2D eigenvalue weighted by Crippen LogP contribution is 2.21. The lowest BCUT2D eigenvalue weighted by atomic mass is 10.1. The van der Waals surface area contributed by atoms with E-state index in [-0.39, 0.29) is 23.6 Å². The van der Waals surface area contributed by atoms with Gasteiger partial charge in [0.2, 0.25) is 5.91 Å². The molecule has 1 atom stereocenters. The zero-order valence-corrected chi connectivity index (χ0v) is 19.6. The van der Waals surface area contributed by atoms with Crippen molar-refractivity contribution in [2.24, 2.45) is 7.05 Å². The van der Waals surface area contributed by atoms with Crippen LogP contribution in [0.4, 0.5) is 5.69 Å². The van der Waals surface area contributed by atoms with E-state index in [4.69, 9.17) is 4.74 Å². The van der Waals surface area contributed by atoms with Crippen molar-refractivity contribution < 1.29 is 14.3 Å². The van der Waals surface area contributed by atoms with Crippen LogP contribution in [0.5, 0.6) is 5.75 Å². The molecule has 0 spiro atoms. The van der Waals surface area contributed by atoms with Crippen LogP contribution in [0.25, 0.3) is 0 Å². The van der Waals surface area contributed by atoms with Crippen LogP contribution in [0, 0.1) is 13.8 Å². The van der Waals surface area contributed by atoms with Gasteiger partial charge in [-0.3, -0.25) is 9.59 Å². The minimum atomic E-state index is -0.361. The summed E-state index contributed by atoms with van der Waals surface area (Å²) in [6.07, 6.45) is 0. The molecular formula is C23H27N5O3S. The Morgan fingerprint density at radius 2 is 1.84 bits per heavy atom. The number of methoxy groups -OCH3 is 1. The molecule has 168 valence electrons. The van der Waals surface area contributed by atoms with Gasteiger partial charge in [-0.2, -0.15) is 0 Å². The molecule has 0 bridgehead atoms. The lowest BCUT2D eigenvalue weighted by Crippen LogP contribution is -2.28. The van der Waals surface area contributed by atoms with Gasteiger partial charge in [-0.05, 0) is 62.2 Å². The Kier molecular flexibility index (Phi) is 7.53. The van der Waals surface area contributed by atoms with Gasteiger partial charge >= 0.3 is 0 Å². The van der Waals surface area contributed by atoms with Crippen LogP contribution in [0.3, 0.4) is 0 Å². The van der Waals surface area contributed by atoms with Crippen molar-refractivity contribution in [2.45, 2.75) is 32.0 Å². The van der Waals surface area contributed by atoms with Crippen LogP contribution < -0.4 is 15.4 Å². The van der Waals surface area contributed by atoms with Crippen LogP contribution in [0.2, 0.25) is 0 Å². The number of carbonyl (C=O) groups is 2. The molecule has 2 aromatic carbocycles. The van der Waals surface area contributed by atoms with Crippen molar-refractivity contribution in [1.29, 1.82) is 0 Å². The first-order valence-corrected chi connectivity index (χ1v) is 11.1. The van der Waals surface area contributed by atoms with E-state index in [1.165, 1.54) is 11.8 Å². The third-order valence-corrected chi connectivity index (χ3v) is 5.98. The van der Waals surface area contributed by atoms with Crippen LogP contribution in [0.15, 0.2) is 47.6 Å². The highest BCUT2D eigenvalue weighted by atomic mass is 32.2. The fourth-order valence-corrected chi connectivity index (χ4v) is 3.82. The summed E-state index contributed by atoms with van der Waals surface area (Å²) in [7, 11) is 3.39. The van der Waals surface area contributed by atoms with E-state index in [1.807, 2.05) is 46.0 Å². The summed E-state index contributed by atoms with van der Waals surface area (Å²) in [5, 5.41) is 14.8. The summed E-state index contributed by atoms with van der Waals surface area (Å²) in [6, 6.07) is 12.5. The minimum absolute atomic E-state index is 0.117. The molecule has 0 saturated heterocycles. The second-order valence-corrected chi connectivity index (χ2v) is 8.42. The SMILES string of the molecule is COc1ccc(C(=O)N[C@H](C)c2nnc(SCC(=O)Nc3cc(C)ccc3C)n2C)cc1. The fraction of sp³-hybridized carbons (Fsp3) is 0.304. The molecule has 3 rings (SSSR count). The predicted molar refractivity (Wildman–Crippen MR) is 125 cm³/mol. The number of anilines is 1. The molecular weight excluding hydrogens is 426 g/mol. The Morgan fingerprint density at radius 3 is 2.53 bits per heavy atom. The van der Waals surface area contributed by atoms with E-state index in [1.54, 1.807) is 35.9 Å². The Morgan fingerprint density at radius 1 is 1.12 bits per heavy atom. The number of thioether (sulfide) groups is 1. The maximum Gasteiger partial charge on any atom is 0.251 e. The van der Waals surface area contributed by atoms with Gasteiger partial charge in [0.15, 0.2) is 11.0 Å². The quantitative estimate of drug-likeness (QED) is 0.505. The molecule has 3 aromatic rings. The largest absolute Gasteiger partial charge is 0.497 e. The number of hydrogen-bond donors (Lipinski definition) is 2. The average Bonchev–Trinajstić information content (AvgIpc) is 3.15. The molecule has 0 aliphatic carbocycles. The van der Waals surface area contributed by atoms with Gasteiger partial charge in [-0.15, -0.1) is 10.2 Å².